The summed E-state index contributed by atoms with van der Waals surface area (Å²) in [6.07, 6.45) is 0.562. The SMILES string of the molecule is CNCc1ccc(S(=O)(=O)NCCc2cscn2)o1. The van der Waals surface area contributed by atoms with Crippen LogP contribution in [-0.2, 0) is 23.0 Å². The van der Waals surface area contributed by atoms with Crippen LogP contribution < -0.4 is 10.0 Å². The first-order valence-electron chi connectivity index (χ1n) is 5.72. The van der Waals surface area contributed by atoms with Crippen molar-refractivity contribution in [2.24, 2.45) is 0 Å². The van der Waals surface area contributed by atoms with E-state index in [1.807, 2.05) is 5.38 Å². The number of furan rings is 1. The number of rotatable bonds is 7. The molecule has 0 atom stereocenters. The van der Waals surface area contributed by atoms with Gasteiger partial charge in [-0.2, -0.15) is 0 Å². The zero-order valence-corrected chi connectivity index (χ0v) is 12.1. The lowest BCUT2D eigenvalue weighted by atomic mass is 10.3. The maximum absolute atomic E-state index is 11.9. The molecule has 2 aromatic heterocycles. The molecule has 2 N–H and O–H groups in total. The minimum Gasteiger partial charge on any atom is -0.447 e. The van der Waals surface area contributed by atoms with Crippen LogP contribution >= 0.6 is 11.3 Å². The van der Waals surface area contributed by atoms with Gasteiger partial charge in [-0.05, 0) is 19.2 Å². The van der Waals surface area contributed by atoms with Gasteiger partial charge in [-0.15, -0.1) is 11.3 Å². The van der Waals surface area contributed by atoms with Gasteiger partial charge in [0.2, 0.25) is 5.09 Å². The Morgan fingerprint density at radius 3 is 2.95 bits per heavy atom. The Morgan fingerprint density at radius 1 is 1.42 bits per heavy atom. The molecule has 6 nitrogen and oxygen atoms in total. The van der Waals surface area contributed by atoms with Gasteiger partial charge in [-0.1, -0.05) is 0 Å². The molecule has 2 aromatic rings. The average Bonchev–Trinajstić information content (AvgIpc) is 3.00. The summed E-state index contributed by atoms with van der Waals surface area (Å²) in [6.45, 7) is 0.794. The summed E-state index contributed by atoms with van der Waals surface area (Å²) >= 11 is 1.49. The van der Waals surface area contributed by atoms with E-state index in [4.69, 9.17) is 4.42 Å². The quantitative estimate of drug-likeness (QED) is 0.796. The van der Waals surface area contributed by atoms with Crippen LogP contribution in [-0.4, -0.2) is 27.0 Å². The first kappa shape index (κ1) is 14.2. The lowest BCUT2D eigenvalue weighted by molar-refractivity contribution is 0.404. The summed E-state index contributed by atoms with van der Waals surface area (Å²) < 4.78 is 31.6. The standard InChI is InChI=1S/C11H15N3O3S2/c1-12-6-10-2-3-11(17-10)19(15,16)14-5-4-9-7-18-8-13-9/h2-3,7-8,12,14H,4-6H2,1H3. The first-order valence-corrected chi connectivity index (χ1v) is 8.14. The van der Waals surface area contributed by atoms with Crippen LogP contribution in [0.4, 0.5) is 0 Å². The van der Waals surface area contributed by atoms with Crippen molar-refractivity contribution in [1.82, 2.24) is 15.0 Å². The first-order chi connectivity index (χ1) is 9.12. The molecule has 104 valence electrons. The molecule has 0 fully saturated rings. The molecule has 0 aliphatic carbocycles. The fourth-order valence-electron chi connectivity index (χ4n) is 1.52. The summed E-state index contributed by atoms with van der Waals surface area (Å²) in [5, 5.41) is 4.73. The monoisotopic (exact) mass is 301 g/mol. The van der Waals surface area contributed by atoms with E-state index >= 15 is 0 Å². The normalized spacial score (nSPS) is 11.8. The molecule has 0 radical (unpaired) electrons. The third-order valence-electron chi connectivity index (χ3n) is 2.41. The molecule has 0 saturated heterocycles. The molecule has 0 unspecified atom stereocenters. The summed E-state index contributed by atoms with van der Waals surface area (Å²) in [4.78, 5) is 4.09. The van der Waals surface area contributed by atoms with Crippen molar-refractivity contribution in [3.63, 3.8) is 0 Å². The van der Waals surface area contributed by atoms with Crippen LogP contribution in [0, 0.1) is 0 Å². The van der Waals surface area contributed by atoms with Crippen molar-refractivity contribution >= 4 is 21.4 Å². The fraction of sp³-hybridized carbons (Fsp3) is 0.364. The molecule has 0 saturated carbocycles. The average molecular weight is 301 g/mol. The summed E-state index contributed by atoms with van der Waals surface area (Å²) in [7, 11) is -1.81. The highest BCUT2D eigenvalue weighted by Gasteiger charge is 2.18. The smallest absolute Gasteiger partial charge is 0.273 e. The maximum atomic E-state index is 11.9. The van der Waals surface area contributed by atoms with E-state index in [-0.39, 0.29) is 5.09 Å². The molecule has 2 rings (SSSR count). The number of aromatic nitrogens is 1. The Kier molecular flexibility index (Phi) is 4.70. The Morgan fingerprint density at radius 2 is 2.26 bits per heavy atom. The maximum Gasteiger partial charge on any atom is 0.273 e. The number of hydrogen-bond acceptors (Lipinski definition) is 6. The number of thiazole rings is 1. The zero-order chi connectivity index (χ0) is 13.7. The largest absolute Gasteiger partial charge is 0.447 e. The molecular formula is C11H15N3O3S2. The Bertz CT molecular complexity index is 605. The van der Waals surface area contributed by atoms with Crippen molar-refractivity contribution in [3.05, 3.63) is 34.5 Å². The topological polar surface area (TPSA) is 84.2 Å². The van der Waals surface area contributed by atoms with E-state index in [9.17, 15) is 8.42 Å². The summed E-state index contributed by atoms with van der Waals surface area (Å²) in [5.41, 5.74) is 2.60. The number of nitrogens with one attached hydrogen (secondary N) is 2. The van der Waals surface area contributed by atoms with Crippen LogP contribution in [0.1, 0.15) is 11.5 Å². The van der Waals surface area contributed by atoms with Crippen LogP contribution in [0.25, 0.3) is 0 Å². The molecule has 0 aliphatic heterocycles. The van der Waals surface area contributed by atoms with Gasteiger partial charge in [-0.25, -0.2) is 18.1 Å². The molecule has 0 bridgehead atoms. The van der Waals surface area contributed by atoms with Crippen molar-refractivity contribution in [2.75, 3.05) is 13.6 Å². The minimum absolute atomic E-state index is 0.0592. The lowest BCUT2D eigenvalue weighted by Gasteiger charge is -2.02. The van der Waals surface area contributed by atoms with Crippen molar-refractivity contribution < 1.29 is 12.8 Å². The lowest BCUT2D eigenvalue weighted by Crippen LogP contribution is -2.25. The molecule has 8 heteroatoms. The van der Waals surface area contributed by atoms with E-state index in [2.05, 4.69) is 15.0 Å². The number of hydrogen-bond donors (Lipinski definition) is 2. The number of sulfonamides is 1. The van der Waals surface area contributed by atoms with E-state index in [1.165, 1.54) is 17.4 Å². The Labute approximate surface area is 115 Å². The van der Waals surface area contributed by atoms with E-state index in [0.717, 1.165) is 5.69 Å². The molecule has 0 spiro atoms. The van der Waals surface area contributed by atoms with Crippen LogP contribution in [0.5, 0.6) is 0 Å². The van der Waals surface area contributed by atoms with E-state index in [1.54, 1.807) is 18.6 Å². The Hall–Kier alpha value is -1.22. The van der Waals surface area contributed by atoms with Crippen molar-refractivity contribution in [1.29, 1.82) is 0 Å². The fourth-order valence-corrected chi connectivity index (χ4v) is 3.09. The van der Waals surface area contributed by atoms with Gasteiger partial charge in [0, 0.05) is 18.3 Å². The second kappa shape index (κ2) is 6.29. The van der Waals surface area contributed by atoms with Gasteiger partial charge in [0.1, 0.15) is 5.76 Å². The predicted octanol–water partition coefficient (Wildman–Crippen LogP) is 0.977. The molecule has 19 heavy (non-hydrogen) atoms. The highest BCUT2D eigenvalue weighted by atomic mass is 32.2. The van der Waals surface area contributed by atoms with Crippen LogP contribution in [0.3, 0.4) is 0 Å². The van der Waals surface area contributed by atoms with Crippen LogP contribution in [0.2, 0.25) is 0 Å². The van der Waals surface area contributed by atoms with Gasteiger partial charge >= 0.3 is 0 Å². The van der Waals surface area contributed by atoms with Crippen molar-refractivity contribution in [2.45, 2.75) is 18.1 Å². The van der Waals surface area contributed by atoms with Crippen LogP contribution in [0.15, 0.2) is 32.5 Å². The molecular weight excluding hydrogens is 286 g/mol. The molecule has 0 aliphatic rings. The van der Waals surface area contributed by atoms with Gasteiger partial charge in [0.15, 0.2) is 0 Å². The molecule has 2 heterocycles. The summed E-state index contributed by atoms with van der Waals surface area (Å²) in [6, 6.07) is 3.10. The third kappa shape index (κ3) is 3.87. The molecule has 0 amide bonds. The third-order valence-corrected chi connectivity index (χ3v) is 4.38. The van der Waals surface area contributed by atoms with Gasteiger partial charge < -0.3 is 9.73 Å². The minimum atomic E-state index is -3.58. The highest BCUT2D eigenvalue weighted by Crippen LogP contribution is 2.13. The van der Waals surface area contributed by atoms with Gasteiger partial charge in [0.25, 0.3) is 10.0 Å². The van der Waals surface area contributed by atoms with E-state index < -0.39 is 10.0 Å². The number of nitrogens with zero attached hydrogens (tertiary/aromatic N) is 1. The zero-order valence-electron chi connectivity index (χ0n) is 10.4. The summed E-state index contributed by atoms with van der Waals surface area (Å²) in [5.74, 6) is 0.586. The van der Waals surface area contributed by atoms with Gasteiger partial charge in [0.05, 0.1) is 17.7 Å². The second-order valence-electron chi connectivity index (χ2n) is 3.88. The van der Waals surface area contributed by atoms with E-state index in [0.29, 0.717) is 25.3 Å². The second-order valence-corrected chi connectivity index (χ2v) is 6.30. The molecule has 0 aromatic carbocycles. The van der Waals surface area contributed by atoms with Crippen molar-refractivity contribution in [3.8, 4) is 0 Å². The van der Waals surface area contributed by atoms with Gasteiger partial charge in [-0.3, -0.25) is 0 Å². The Balaban J connectivity index is 1.93. The highest BCUT2D eigenvalue weighted by molar-refractivity contribution is 7.89. The predicted molar refractivity (Wildman–Crippen MR) is 72.5 cm³/mol.